The van der Waals surface area contributed by atoms with Crippen LogP contribution < -0.4 is 15.4 Å². The molecule has 0 unspecified atom stereocenters. The van der Waals surface area contributed by atoms with E-state index in [1.165, 1.54) is 0 Å². The number of rotatable bonds is 4. The summed E-state index contributed by atoms with van der Waals surface area (Å²) < 4.78 is 5.62. The first-order valence-electron chi connectivity index (χ1n) is 6.38. The van der Waals surface area contributed by atoms with Gasteiger partial charge in [0, 0.05) is 12.1 Å². The van der Waals surface area contributed by atoms with Gasteiger partial charge >= 0.3 is 0 Å². The number of para-hydroxylation sites is 1. The van der Waals surface area contributed by atoms with E-state index < -0.39 is 0 Å². The highest BCUT2D eigenvalue weighted by atomic mass is 35.5. The van der Waals surface area contributed by atoms with E-state index in [0.717, 1.165) is 0 Å². The van der Waals surface area contributed by atoms with Crippen LogP contribution in [0.2, 0.25) is 5.15 Å². The third kappa shape index (κ3) is 5.17. The van der Waals surface area contributed by atoms with E-state index in [1.54, 1.807) is 6.07 Å². The summed E-state index contributed by atoms with van der Waals surface area (Å²) in [5.74, 6) is 1.30. The maximum atomic E-state index is 5.97. The van der Waals surface area contributed by atoms with Crippen LogP contribution in [0, 0.1) is 0 Å². The molecule has 5 nitrogen and oxygen atoms in total. The molecule has 0 amide bonds. The number of ether oxygens (including phenoxy) is 1. The lowest BCUT2D eigenvalue weighted by atomic mass is 10.3. The standard InChI is InChI=1S/C14H15ClN4OS/c1-9(2)16-14(21)19-13-17-11(15)8-12(18-13)20-10-6-4-3-5-7-10/h3-9H,1-2H3,(H2,16,17,18,19,21). The molecule has 0 aliphatic heterocycles. The number of halogens is 1. The normalized spacial score (nSPS) is 10.3. The SMILES string of the molecule is CC(C)NC(=S)Nc1nc(Cl)cc(Oc2ccccc2)n1. The number of nitrogens with one attached hydrogen (secondary N) is 2. The van der Waals surface area contributed by atoms with Crippen molar-refractivity contribution < 1.29 is 4.74 Å². The number of nitrogens with zero attached hydrogens (tertiary/aromatic N) is 2. The fraction of sp³-hybridized carbons (Fsp3) is 0.214. The van der Waals surface area contributed by atoms with Crippen molar-refractivity contribution in [1.82, 2.24) is 15.3 Å². The largest absolute Gasteiger partial charge is 0.439 e. The minimum absolute atomic E-state index is 0.212. The van der Waals surface area contributed by atoms with Crippen LogP contribution in [0.3, 0.4) is 0 Å². The molecule has 0 radical (unpaired) electrons. The van der Waals surface area contributed by atoms with Crippen molar-refractivity contribution in [3.8, 4) is 11.6 Å². The van der Waals surface area contributed by atoms with Crippen molar-refractivity contribution in [2.75, 3.05) is 5.32 Å². The fourth-order valence-corrected chi connectivity index (χ4v) is 2.01. The van der Waals surface area contributed by atoms with Crippen molar-refractivity contribution in [3.63, 3.8) is 0 Å². The lowest BCUT2D eigenvalue weighted by Crippen LogP contribution is -2.34. The Morgan fingerprint density at radius 2 is 1.95 bits per heavy atom. The topological polar surface area (TPSA) is 59.1 Å². The predicted molar refractivity (Wildman–Crippen MR) is 88.1 cm³/mol. The molecule has 0 bridgehead atoms. The first kappa shape index (κ1) is 15.5. The quantitative estimate of drug-likeness (QED) is 0.662. The molecule has 110 valence electrons. The van der Waals surface area contributed by atoms with E-state index >= 15 is 0 Å². The Morgan fingerprint density at radius 3 is 2.62 bits per heavy atom. The van der Waals surface area contributed by atoms with Crippen molar-refractivity contribution in [3.05, 3.63) is 41.6 Å². The Bertz CT molecular complexity index is 622. The summed E-state index contributed by atoms with van der Waals surface area (Å²) in [5.41, 5.74) is 0. The van der Waals surface area contributed by atoms with E-state index in [9.17, 15) is 0 Å². The fourth-order valence-electron chi connectivity index (χ4n) is 1.51. The van der Waals surface area contributed by atoms with Gasteiger partial charge in [0.2, 0.25) is 11.8 Å². The number of anilines is 1. The molecule has 0 aliphatic carbocycles. The van der Waals surface area contributed by atoms with Crippen molar-refractivity contribution in [1.29, 1.82) is 0 Å². The number of thiocarbonyl (C=S) groups is 1. The summed E-state index contributed by atoms with van der Waals surface area (Å²) in [7, 11) is 0. The first-order chi connectivity index (χ1) is 10.0. The van der Waals surface area contributed by atoms with Crippen LogP contribution in [0.25, 0.3) is 0 Å². The maximum absolute atomic E-state index is 5.97. The summed E-state index contributed by atoms with van der Waals surface area (Å²) in [6, 6.07) is 11.1. The molecule has 2 aromatic rings. The lowest BCUT2D eigenvalue weighted by Gasteiger charge is -2.12. The van der Waals surface area contributed by atoms with Crippen molar-refractivity contribution in [2.45, 2.75) is 19.9 Å². The molecule has 0 saturated carbocycles. The molecule has 2 N–H and O–H groups in total. The molecule has 7 heteroatoms. The van der Waals surface area contributed by atoms with Crippen LogP contribution in [0.5, 0.6) is 11.6 Å². The van der Waals surface area contributed by atoms with Gasteiger partial charge in [0.25, 0.3) is 0 Å². The Kier molecular flexibility index (Phi) is 5.30. The van der Waals surface area contributed by atoms with Gasteiger partial charge in [-0.15, -0.1) is 0 Å². The summed E-state index contributed by atoms with van der Waals surface area (Å²) in [5, 5.41) is 6.61. The second-order valence-corrected chi connectivity index (χ2v) is 5.32. The molecule has 1 heterocycles. The smallest absolute Gasteiger partial charge is 0.233 e. The minimum Gasteiger partial charge on any atom is -0.439 e. The second kappa shape index (κ2) is 7.19. The number of aromatic nitrogens is 2. The molecule has 0 spiro atoms. The van der Waals surface area contributed by atoms with Crippen LogP contribution in [-0.2, 0) is 0 Å². The van der Waals surface area contributed by atoms with Gasteiger partial charge in [-0.2, -0.15) is 4.98 Å². The molecule has 21 heavy (non-hydrogen) atoms. The summed E-state index contributed by atoms with van der Waals surface area (Å²) >= 11 is 11.1. The van der Waals surface area contributed by atoms with Gasteiger partial charge in [0.05, 0.1) is 0 Å². The van der Waals surface area contributed by atoms with Gasteiger partial charge in [0.15, 0.2) is 5.11 Å². The van der Waals surface area contributed by atoms with Gasteiger partial charge in [-0.05, 0) is 38.2 Å². The molecular weight excluding hydrogens is 308 g/mol. The summed E-state index contributed by atoms with van der Waals surface area (Å²) in [6.07, 6.45) is 0. The van der Waals surface area contributed by atoms with Crippen LogP contribution in [0.15, 0.2) is 36.4 Å². The van der Waals surface area contributed by atoms with Crippen LogP contribution in [-0.4, -0.2) is 21.1 Å². The van der Waals surface area contributed by atoms with E-state index in [0.29, 0.717) is 16.7 Å². The average molecular weight is 323 g/mol. The highest BCUT2D eigenvalue weighted by molar-refractivity contribution is 7.80. The third-order valence-corrected chi connectivity index (χ3v) is 2.70. The summed E-state index contributed by atoms with van der Waals surface area (Å²) in [6.45, 7) is 3.97. The molecule has 0 aliphatic rings. The van der Waals surface area contributed by atoms with E-state index in [1.807, 2.05) is 44.2 Å². The van der Waals surface area contributed by atoms with E-state index in [4.69, 9.17) is 28.6 Å². The number of benzene rings is 1. The zero-order chi connectivity index (χ0) is 15.2. The van der Waals surface area contributed by atoms with Crippen LogP contribution in [0.4, 0.5) is 5.95 Å². The van der Waals surface area contributed by atoms with Gasteiger partial charge in [-0.25, -0.2) is 4.98 Å². The molecule has 1 aromatic heterocycles. The Hall–Kier alpha value is -1.92. The average Bonchev–Trinajstić information content (AvgIpc) is 2.37. The zero-order valence-electron chi connectivity index (χ0n) is 11.6. The van der Waals surface area contributed by atoms with E-state index in [-0.39, 0.29) is 17.1 Å². The molecule has 0 saturated heterocycles. The maximum Gasteiger partial charge on any atom is 0.233 e. The Labute approximate surface area is 133 Å². The third-order valence-electron chi connectivity index (χ3n) is 2.28. The zero-order valence-corrected chi connectivity index (χ0v) is 13.2. The number of hydrogen-bond acceptors (Lipinski definition) is 4. The lowest BCUT2D eigenvalue weighted by molar-refractivity contribution is 0.462. The molecule has 1 aromatic carbocycles. The Morgan fingerprint density at radius 1 is 1.24 bits per heavy atom. The van der Waals surface area contributed by atoms with Crippen molar-refractivity contribution >= 4 is 34.9 Å². The van der Waals surface area contributed by atoms with Gasteiger partial charge in [-0.3, -0.25) is 0 Å². The second-order valence-electron chi connectivity index (χ2n) is 4.52. The van der Waals surface area contributed by atoms with Crippen LogP contribution >= 0.6 is 23.8 Å². The summed E-state index contributed by atoms with van der Waals surface area (Å²) in [4.78, 5) is 8.28. The highest BCUT2D eigenvalue weighted by Gasteiger charge is 2.07. The van der Waals surface area contributed by atoms with E-state index in [2.05, 4.69) is 20.6 Å². The van der Waals surface area contributed by atoms with Crippen LogP contribution in [0.1, 0.15) is 13.8 Å². The highest BCUT2D eigenvalue weighted by Crippen LogP contribution is 2.22. The van der Waals surface area contributed by atoms with Gasteiger partial charge in [-0.1, -0.05) is 29.8 Å². The number of hydrogen-bond donors (Lipinski definition) is 2. The minimum atomic E-state index is 0.212. The monoisotopic (exact) mass is 322 g/mol. The Balaban J connectivity index is 2.12. The molecule has 0 atom stereocenters. The first-order valence-corrected chi connectivity index (χ1v) is 7.16. The molecular formula is C14H15ClN4OS. The van der Waals surface area contributed by atoms with Crippen molar-refractivity contribution in [2.24, 2.45) is 0 Å². The predicted octanol–water partition coefficient (Wildman–Crippen LogP) is 3.62. The van der Waals surface area contributed by atoms with Gasteiger partial charge < -0.3 is 15.4 Å². The van der Waals surface area contributed by atoms with Gasteiger partial charge in [0.1, 0.15) is 10.9 Å². The molecule has 0 fully saturated rings. The molecule has 2 rings (SSSR count).